The first-order chi connectivity index (χ1) is 12.6. The highest BCUT2D eigenvalue weighted by molar-refractivity contribution is 5.94. The Morgan fingerprint density at radius 2 is 2.12 bits per heavy atom. The van der Waals surface area contributed by atoms with E-state index < -0.39 is 0 Å². The molecule has 5 rings (SSSR count). The number of carbonyl (C=O) groups excluding carboxylic acids is 2. The summed E-state index contributed by atoms with van der Waals surface area (Å²) in [5.41, 5.74) is 1.82. The van der Waals surface area contributed by atoms with Crippen LogP contribution in [-0.2, 0) is 11.2 Å². The lowest BCUT2D eigenvalue weighted by atomic mass is 9.94. The van der Waals surface area contributed by atoms with E-state index in [0.29, 0.717) is 42.5 Å². The van der Waals surface area contributed by atoms with Crippen LogP contribution in [0.2, 0.25) is 0 Å². The van der Waals surface area contributed by atoms with Crippen molar-refractivity contribution < 1.29 is 14.2 Å². The van der Waals surface area contributed by atoms with Crippen LogP contribution in [0.1, 0.15) is 34.6 Å². The summed E-state index contributed by atoms with van der Waals surface area (Å²) in [6, 6.07) is 3.59. The lowest BCUT2D eigenvalue weighted by molar-refractivity contribution is -0.134. The van der Waals surface area contributed by atoms with Gasteiger partial charge in [-0.1, -0.05) is 10.3 Å². The number of rotatable bonds is 3. The van der Waals surface area contributed by atoms with Crippen molar-refractivity contribution in [3.63, 3.8) is 0 Å². The van der Waals surface area contributed by atoms with Gasteiger partial charge >= 0.3 is 0 Å². The van der Waals surface area contributed by atoms with Gasteiger partial charge in [-0.15, -0.1) is 0 Å². The maximum atomic E-state index is 12.8. The van der Waals surface area contributed by atoms with Gasteiger partial charge in [-0.2, -0.15) is 0 Å². The van der Waals surface area contributed by atoms with Gasteiger partial charge in [-0.05, 0) is 37.8 Å². The number of carbonyl (C=O) groups is 2. The largest absolute Gasteiger partial charge is 0.337 e. The fourth-order valence-electron chi connectivity index (χ4n) is 3.88. The molecule has 2 aromatic heterocycles. The van der Waals surface area contributed by atoms with Crippen molar-refractivity contribution in [3.8, 4) is 0 Å². The Hall–Kier alpha value is -2.77. The summed E-state index contributed by atoms with van der Waals surface area (Å²) in [6.45, 7) is 3.71. The highest BCUT2D eigenvalue weighted by Gasteiger charge is 2.39. The number of piperidine rings is 1. The summed E-state index contributed by atoms with van der Waals surface area (Å²) < 4.78 is 4.69. The molecule has 3 aliphatic rings. The van der Waals surface area contributed by atoms with Gasteiger partial charge in [0.25, 0.3) is 5.91 Å². The van der Waals surface area contributed by atoms with Crippen LogP contribution in [0.4, 0.5) is 0 Å². The molecular weight excluding hydrogens is 334 g/mol. The first-order valence-electron chi connectivity index (χ1n) is 8.88. The first-order valence-corrected chi connectivity index (χ1v) is 8.88. The van der Waals surface area contributed by atoms with Crippen LogP contribution in [0.25, 0.3) is 0 Å². The minimum atomic E-state index is -0.0131. The van der Waals surface area contributed by atoms with Crippen LogP contribution >= 0.6 is 0 Å². The quantitative estimate of drug-likeness (QED) is 0.818. The molecule has 2 bridgehead atoms. The Balaban J connectivity index is 1.49. The van der Waals surface area contributed by atoms with Crippen LogP contribution in [0, 0.1) is 12.8 Å². The molecule has 3 saturated heterocycles. The van der Waals surface area contributed by atoms with Crippen LogP contribution in [0.3, 0.4) is 0 Å². The zero-order valence-corrected chi connectivity index (χ0v) is 14.7. The molecular formula is C18H21N5O3. The number of hydrogen-bond acceptors (Lipinski definition) is 6. The van der Waals surface area contributed by atoms with E-state index in [0.717, 1.165) is 12.8 Å². The normalized spacial score (nSPS) is 22.3. The Morgan fingerprint density at radius 1 is 1.23 bits per heavy atom. The van der Waals surface area contributed by atoms with Crippen molar-refractivity contribution in [2.45, 2.75) is 32.2 Å². The van der Waals surface area contributed by atoms with E-state index in [1.807, 2.05) is 9.80 Å². The second kappa shape index (κ2) is 6.86. The zero-order valence-electron chi connectivity index (χ0n) is 14.7. The van der Waals surface area contributed by atoms with Gasteiger partial charge in [0.1, 0.15) is 11.4 Å². The molecule has 0 unspecified atom stereocenters. The smallest absolute Gasteiger partial charge is 0.255 e. The van der Waals surface area contributed by atoms with E-state index in [4.69, 9.17) is 0 Å². The van der Waals surface area contributed by atoms with Crippen molar-refractivity contribution >= 4 is 11.8 Å². The number of aromatic nitrogens is 3. The number of nitrogens with zero attached hydrogens (tertiary/aromatic N) is 5. The Labute approximate surface area is 151 Å². The Kier molecular flexibility index (Phi) is 4.40. The molecule has 0 saturated carbocycles. The van der Waals surface area contributed by atoms with E-state index in [2.05, 4.69) is 19.9 Å². The molecule has 2 atom stereocenters. The van der Waals surface area contributed by atoms with Gasteiger partial charge in [-0.25, -0.2) is 4.63 Å². The fraction of sp³-hybridized carbons (Fsp3) is 0.500. The summed E-state index contributed by atoms with van der Waals surface area (Å²) in [5, 5.41) is 7.55. The van der Waals surface area contributed by atoms with Gasteiger partial charge in [0.15, 0.2) is 0 Å². The maximum absolute atomic E-state index is 12.8. The van der Waals surface area contributed by atoms with Gasteiger partial charge in [0.05, 0.1) is 12.0 Å². The SMILES string of the molecule is Cc1nonc1CC(=O)N1C[C@H]2CC[C@@H]1CN(C(=O)c1cccnc1)C2. The monoisotopic (exact) mass is 355 g/mol. The van der Waals surface area contributed by atoms with E-state index in [-0.39, 0.29) is 24.3 Å². The van der Waals surface area contributed by atoms with Crippen LogP contribution in [0.5, 0.6) is 0 Å². The molecule has 2 aromatic rings. The molecule has 0 spiro atoms. The Bertz CT molecular complexity index is 806. The van der Waals surface area contributed by atoms with E-state index in [9.17, 15) is 9.59 Å². The van der Waals surface area contributed by atoms with Crippen molar-refractivity contribution in [2.24, 2.45) is 5.92 Å². The van der Waals surface area contributed by atoms with Crippen molar-refractivity contribution in [2.75, 3.05) is 19.6 Å². The first kappa shape index (κ1) is 16.7. The van der Waals surface area contributed by atoms with Crippen molar-refractivity contribution in [3.05, 3.63) is 41.5 Å². The summed E-state index contributed by atoms with van der Waals surface area (Å²) in [6.07, 6.45) is 5.40. The molecule has 136 valence electrons. The molecule has 8 nitrogen and oxygen atoms in total. The van der Waals surface area contributed by atoms with Crippen LogP contribution in [0.15, 0.2) is 29.2 Å². The molecule has 3 fully saturated rings. The fourth-order valence-corrected chi connectivity index (χ4v) is 3.88. The van der Waals surface area contributed by atoms with E-state index in [1.54, 1.807) is 31.5 Å². The molecule has 0 aliphatic carbocycles. The van der Waals surface area contributed by atoms with Gasteiger partial charge in [-0.3, -0.25) is 14.6 Å². The lowest BCUT2D eigenvalue weighted by Crippen LogP contribution is -2.48. The number of fused-ring (bicyclic) bond motifs is 4. The maximum Gasteiger partial charge on any atom is 0.255 e. The molecule has 0 aromatic carbocycles. The molecule has 3 aliphatic heterocycles. The van der Waals surface area contributed by atoms with E-state index >= 15 is 0 Å². The summed E-state index contributed by atoms with van der Waals surface area (Å²) in [7, 11) is 0. The van der Waals surface area contributed by atoms with E-state index in [1.165, 1.54) is 0 Å². The number of aryl methyl sites for hydroxylation is 1. The standard InChI is InChI=1S/C18H21N5O3/c1-12-16(21-26-20-12)7-17(24)23-10-13-4-5-15(23)11-22(9-13)18(25)14-3-2-6-19-8-14/h2-3,6,8,13,15H,4-5,7,9-11H2,1H3/t13-,15+/m0/s1. The van der Waals surface area contributed by atoms with Gasteiger partial charge in [0, 0.05) is 38.1 Å². The van der Waals surface area contributed by atoms with Gasteiger partial charge in [0.2, 0.25) is 5.91 Å². The van der Waals surface area contributed by atoms with Crippen molar-refractivity contribution in [1.29, 1.82) is 0 Å². The summed E-state index contributed by atoms with van der Waals surface area (Å²) in [5.74, 6) is 0.310. The Morgan fingerprint density at radius 3 is 2.85 bits per heavy atom. The third-order valence-electron chi connectivity index (χ3n) is 5.29. The second-order valence-corrected chi connectivity index (χ2v) is 7.07. The number of amides is 2. The second-order valence-electron chi connectivity index (χ2n) is 7.07. The molecule has 2 amide bonds. The molecule has 0 radical (unpaired) electrons. The van der Waals surface area contributed by atoms with Crippen molar-refractivity contribution in [1.82, 2.24) is 25.1 Å². The minimum Gasteiger partial charge on any atom is -0.337 e. The van der Waals surface area contributed by atoms with Crippen LogP contribution in [-0.4, -0.2) is 62.6 Å². The highest BCUT2D eigenvalue weighted by atomic mass is 16.6. The zero-order chi connectivity index (χ0) is 18.1. The highest BCUT2D eigenvalue weighted by Crippen LogP contribution is 2.29. The molecule has 26 heavy (non-hydrogen) atoms. The predicted molar refractivity (Wildman–Crippen MR) is 91.1 cm³/mol. The minimum absolute atomic E-state index is 0.0131. The molecule has 8 heteroatoms. The van der Waals surface area contributed by atoms with Crippen LogP contribution < -0.4 is 0 Å². The molecule has 5 heterocycles. The summed E-state index contributed by atoms with van der Waals surface area (Å²) >= 11 is 0. The average Bonchev–Trinajstić information content (AvgIpc) is 2.87. The predicted octanol–water partition coefficient (Wildman–Crippen LogP) is 1.08. The number of pyridine rings is 1. The topological polar surface area (TPSA) is 92.4 Å². The molecule has 0 N–H and O–H groups in total. The third kappa shape index (κ3) is 3.18. The lowest BCUT2D eigenvalue weighted by Gasteiger charge is -2.36. The third-order valence-corrected chi connectivity index (χ3v) is 5.29. The number of hydrogen-bond donors (Lipinski definition) is 0. The summed E-state index contributed by atoms with van der Waals surface area (Å²) in [4.78, 5) is 33.4. The average molecular weight is 355 g/mol. The van der Waals surface area contributed by atoms with Gasteiger partial charge < -0.3 is 9.80 Å².